The summed E-state index contributed by atoms with van der Waals surface area (Å²) in [6, 6.07) is 7.83. The summed E-state index contributed by atoms with van der Waals surface area (Å²) in [5.74, 6) is 1.13. The van der Waals surface area contributed by atoms with Crippen molar-refractivity contribution < 1.29 is 14.3 Å². The van der Waals surface area contributed by atoms with Crippen LogP contribution in [0.1, 0.15) is 12.0 Å². The van der Waals surface area contributed by atoms with Gasteiger partial charge in [-0.15, -0.1) is 0 Å². The molecule has 0 atom stereocenters. The molecule has 78 valence electrons. The average molecular weight is 204 g/mol. The van der Waals surface area contributed by atoms with Crippen molar-refractivity contribution in [3.05, 3.63) is 41.7 Å². The van der Waals surface area contributed by atoms with E-state index in [0.29, 0.717) is 5.76 Å². The Kier molecular flexibility index (Phi) is 2.72. The number of hydrogen-bond acceptors (Lipinski definition) is 3. The van der Waals surface area contributed by atoms with Crippen LogP contribution in [0.4, 0.5) is 0 Å². The third-order valence-electron chi connectivity index (χ3n) is 2.33. The molecule has 1 aromatic rings. The zero-order valence-corrected chi connectivity index (χ0v) is 8.53. The van der Waals surface area contributed by atoms with Gasteiger partial charge < -0.3 is 9.47 Å². The Morgan fingerprint density at radius 1 is 1.40 bits per heavy atom. The van der Waals surface area contributed by atoms with E-state index in [4.69, 9.17) is 4.74 Å². The molecule has 0 N–H and O–H groups in total. The molecule has 1 heterocycles. The number of allylic oxidation sites excluding steroid dienone is 1. The van der Waals surface area contributed by atoms with Gasteiger partial charge in [0.25, 0.3) is 0 Å². The number of carbonyl (C=O) groups is 1. The van der Waals surface area contributed by atoms with Crippen LogP contribution >= 0.6 is 0 Å². The highest BCUT2D eigenvalue weighted by molar-refractivity contribution is 5.82. The summed E-state index contributed by atoms with van der Waals surface area (Å²) in [7, 11) is 1.36. The molecule has 0 spiro atoms. The number of para-hydroxylation sites is 1. The Balaban J connectivity index is 2.19. The van der Waals surface area contributed by atoms with Crippen molar-refractivity contribution in [3.8, 4) is 5.75 Å². The second-order valence-corrected chi connectivity index (χ2v) is 3.34. The second kappa shape index (κ2) is 4.17. The monoisotopic (exact) mass is 204 g/mol. The maximum Gasteiger partial charge on any atom is 0.333 e. The molecule has 0 unspecified atom stereocenters. The van der Waals surface area contributed by atoms with Crippen LogP contribution in [-0.2, 0) is 16.0 Å². The Bertz CT molecular complexity index is 407. The minimum atomic E-state index is -0.371. The molecule has 0 saturated carbocycles. The lowest BCUT2D eigenvalue weighted by Crippen LogP contribution is -2.09. The maximum absolute atomic E-state index is 11.0. The molecule has 15 heavy (non-hydrogen) atoms. The van der Waals surface area contributed by atoms with E-state index in [1.165, 1.54) is 18.7 Å². The van der Waals surface area contributed by atoms with Crippen molar-refractivity contribution in [1.82, 2.24) is 0 Å². The van der Waals surface area contributed by atoms with Crippen LogP contribution in [0.15, 0.2) is 36.1 Å². The summed E-state index contributed by atoms with van der Waals surface area (Å²) in [4.78, 5) is 11.0. The first-order valence-electron chi connectivity index (χ1n) is 4.84. The third-order valence-corrected chi connectivity index (χ3v) is 2.33. The van der Waals surface area contributed by atoms with Gasteiger partial charge in [-0.25, -0.2) is 4.79 Å². The summed E-state index contributed by atoms with van der Waals surface area (Å²) in [6.45, 7) is 0. The van der Waals surface area contributed by atoms with Crippen LogP contribution in [0.25, 0.3) is 0 Å². The van der Waals surface area contributed by atoms with E-state index in [2.05, 4.69) is 4.74 Å². The number of fused-ring (bicyclic) bond motifs is 1. The fourth-order valence-electron chi connectivity index (χ4n) is 1.55. The SMILES string of the molecule is COC(=O)/C=C1\CCc2ccccc2O1. The van der Waals surface area contributed by atoms with E-state index in [1.54, 1.807) is 0 Å². The molecular formula is C12H12O3. The number of benzene rings is 1. The zero-order valence-electron chi connectivity index (χ0n) is 8.53. The van der Waals surface area contributed by atoms with Crippen molar-refractivity contribution in [3.63, 3.8) is 0 Å². The molecule has 3 nitrogen and oxygen atoms in total. The second-order valence-electron chi connectivity index (χ2n) is 3.34. The van der Waals surface area contributed by atoms with E-state index in [-0.39, 0.29) is 5.97 Å². The first-order chi connectivity index (χ1) is 7.29. The van der Waals surface area contributed by atoms with E-state index < -0.39 is 0 Å². The molecule has 1 aliphatic rings. The molecule has 0 bridgehead atoms. The Morgan fingerprint density at radius 2 is 2.20 bits per heavy atom. The number of esters is 1. The lowest BCUT2D eigenvalue weighted by atomic mass is 10.0. The fourth-order valence-corrected chi connectivity index (χ4v) is 1.55. The summed E-state index contributed by atoms with van der Waals surface area (Å²) in [5.41, 5.74) is 1.18. The molecule has 0 saturated heterocycles. The van der Waals surface area contributed by atoms with Gasteiger partial charge in [-0.1, -0.05) is 18.2 Å². The molecule has 1 aromatic carbocycles. The van der Waals surface area contributed by atoms with E-state index in [9.17, 15) is 4.79 Å². The lowest BCUT2D eigenvalue weighted by molar-refractivity contribution is -0.135. The van der Waals surface area contributed by atoms with Gasteiger partial charge in [0, 0.05) is 6.42 Å². The smallest absolute Gasteiger partial charge is 0.333 e. The number of ether oxygens (including phenoxy) is 2. The number of methoxy groups -OCH3 is 1. The molecule has 0 aromatic heterocycles. The molecule has 0 aliphatic carbocycles. The van der Waals surface area contributed by atoms with Crippen LogP contribution in [0, 0.1) is 0 Å². The van der Waals surface area contributed by atoms with Crippen molar-refractivity contribution >= 4 is 5.97 Å². The topological polar surface area (TPSA) is 35.5 Å². The van der Waals surface area contributed by atoms with Crippen molar-refractivity contribution in [2.24, 2.45) is 0 Å². The quantitative estimate of drug-likeness (QED) is 0.519. The molecule has 0 radical (unpaired) electrons. The highest BCUT2D eigenvalue weighted by Gasteiger charge is 2.14. The fraction of sp³-hybridized carbons (Fsp3) is 0.250. The highest BCUT2D eigenvalue weighted by Crippen LogP contribution is 2.28. The van der Waals surface area contributed by atoms with Crippen LogP contribution in [0.5, 0.6) is 5.75 Å². The first kappa shape index (κ1) is 9.77. The van der Waals surface area contributed by atoms with Crippen LogP contribution in [-0.4, -0.2) is 13.1 Å². The summed E-state index contributed by atoms with van der Waals surface area (Å²) >= 11 is 0. The van der Waals surface area contributed by atoms with Crippen LogP contribution in [0.3, 0.4) is 0 Å². The van der Waals surface area contributed by atoms with Crippen LogP contribution < -0.4 is 4.74 Å². The van der Waals surface area contributed by atoms with E-state index in [1.807, 2.05) is 24.3 Å². The Labute approximate surface area is 88.3 Å². The van der Waals surface area contributed by atoms with Crippen LogP contribution in [0.2, 0.25) is 0 Å². The zero-order chi connectivity index (χ0) is 10.7. The summed E-state index contributed by atoms with van der Waals surface area (Å²) in [6.07, 6.45) is 3.04. The van der Waals surface area contributed by atoms with Gasteiger partial charge in [0.05, 0.1) is 13.2 Å². The van der Waals surface area contributed by atoms with Gasteiger partial charge in [0.2, 0.25) is 0 Å². The van der Waals surface area contributed by atoms with Gasteiger partial charge in [-0.05, 0) is 18.1 Å². The number of carbonyl (C=O) groups excluding carboxylic acids is 1. The van der Waals surface area contributed by atoms with E-state index in [0.717, 1.165) is 18.6 Å². The molecule has 0 fully saturated rings. The molecule has 3 heteroatoms. The van der Waals surface area contributed by atoms with Gasteiger partial charge in [-0.3, -0.25) is 0 Å². The first-order valence-corrected chi connectivity index (χ1v) is 4.84. The minimum Gasteiger partial charge on any atom is -0.466 e. The minimum absolute atomic E-state index is 0.371. The Morgan fingerprint density at radius 3 is 3.00 bits per heavy atom. The number of aryl methyl sites for hydroxylation is 1. The largest absolute Gasteiger partial charge is 0.466 e. The van der Waals surface area contributed by atoms with Gasteiger partial charge >= 0.3 is 5.97 Å². The lowest BCUT2D eigenvalue weighted by Gasteiger charge is -2.18. The van der Waals surface area contributed by atoms with Crippen molar-refractivity contribution in [2.45, 2.75) is 12.8 Å². The number of hydrogen-bond donors (Lipinski definition) is 0. The molecule has 2 rings (SSSR count). The predicted octanol–water partition coefficient (Wildman–Crippen LogP) is 2.07. The summed E-state index contributed by atoms with van der Waals surface area (Å²) in [5, 5.41) is 0. The summed E-state index contributed by atoms with van der Waals surface area (Å²) < 4.78 is 10.1. The Hall–Kier alpha value is -1.77. The molecule has 0 amide bonds. The van der Waals surface area contributed by atoms with Gasteiger partial charge in [0.15, 0.2) is 0 Å². The standard InChI is InChI=1S/C12H12O3/c1-14-12(13)8-10-7-6-9-4-2-3-5-11(9)15-10/h2-5,8H,6-7H2,1H3/b10-8+. The molecular weight excluding hydrogens is 192 g/mol. The molecule has 1 aliphatic heterocycles. The predicted molar refractivity (Wildman–Crippen MR) is 55.5 cm³/mol. The maximum atomic E-state index is 11.0. The van der Waals surface area contributed by atoms with Crippen molar-refractivity contribution in [2.75, 3.05) is 7.11 Å². The number of rotatable bonds is 1. The van der Waals surface area contributed by atoms with E-state index >= 15 is 0 Å². The third kappa shape index (κ3) is 2.18. The van der Waals surface area contributed by atoms with Gasteiger partial charge in [-0.2, -0.15) is 0 Å². The van der Waals surface area contributed by atoms with Crippen molar-refractivity contribution in [1.29, 1.82) is 0 Å². The van der Waals surface area contributed by atoms with Gasteiger partial charge in [0.1, 0.15) is 11.5 Å². The highest BCUT2D eigenvalue weighted by atomic mass is 16.5. The average Bonchev–Trinajstić information content (AvgIpc) is 2.29. The normalized spacial score (nSPS) is 16.7.